The highest BCUT2D eigenvalue weighted by Crippen LogP contribution is 2.41. The van der Waals surface area contributed by atoms with E-state index in [1.54, 1.807) is 7.11 Å². The highest BCUT2D eigenvalue weighted by atomic mass is 16.5. The quantitative estimate of drug-likeness (QED) is 0.154. The lowest BCUT2D eigenvalue weighted by Gasteiger charge is -2.32. The molecular weight excluding hydrogens is 719 g/mol. The van der Waals surface area contributed by atoms with Gasteiger partial charge in [-0.15, -0.1) is 0 Å². The Kier molecular flexibility index (Phi) is 8.48. The maximum Gasteiger partial charge on any atom is 0.119 e. The van der Waals surface area contributed by atoms with Gasteiger partial charge in [0, 0.05) is 44.3 Å². The van der Waals surface area contributed by atoms with Crippen LogP contribution in [0, 0.1) is 0 Å². The smallest absolute Gasteiger partial charge is 0.119 e. The minimum Gasteiger partial charge on any atom is -0.497 e. The van der Waals surface area contributed by atoms with E-state index in [1.165, 1.54) is 71.7 Å². The first-order chi connectivity index (χ1) is 29.2. The monoisotopic (exact) mass is 759 g/mol. The van der Waals surface area contributed by atoms with Gasteiger partial charge in [-0.25, -0.2) is 0 Å². The summed E-state index contributed by atoms with van der Waals surface area (Å²) in [6.45, 7) is 0. The second kappa shape index (κ2) is 14.4. The van der Waals surface area contributed by atoms with Crippen molar-refractivity contribution in [3.63, 3.8) is 0 Å². The molecule has 11 rings (SSSR count). The molecule has 10 aromatic rings. The zero-order chi connectivity index (χ0) is 39.3. The fraction of sp³-hybridized carbons (Fsp3) is 0.0545. The predicted molar refractivity (Wildman–Crippen MR) is 248 cm³/mol. The lowest BCUT2D eigenvalue weighted by molar-refractivity contribution is 0.415. The van der Waals surface area contributed by atoms with Crippen molar-refractivity contribution in [2.24, 2.45) is 0 Å². The molecule has 59 heavy (non-hydrogen) atoms. The largest absolute Gasteiger partial charge is 0.497 e. The number of nitrogens with zero attached hydrogens (tertiary/aromatic N) is 3. The normalized spacial score (nSPS) is 13.8. The summed E-state index contributed by atoms with van der Waals surface area (Å²) in [4.78, 5) is 2.44. The average Bonchev–Trinajstić information content (AvgIpc) is 3.82. The zero-order valence-electron chi connectivity index (χ0n) is 32.7. The molecule has 0 fully saturated rings. The maximum absolute atomic E-state index is 5.71. The van der Waals surface area contributed by atoms with Gasteiger partial charge in [0.1, 0.15) is 5.75 Å². The SMILES string of the molecule is COc1ccc2c(c1)c1cc(-c3ccc4c(c3)c3cc(-c5ccc(N(c6ccccc6)C6C=CC=CC6)cc5)ccc3n4-c3ccccc3)ccc1n2-c1ccccc1. The summed E-state index contributed by atoms with van der Waals surface area (Å²) in [6, 6.07) is 68.5. The van der Waals surface area contributed by atoms with E-state index in [0.29, 0.717) is 0 Å². The first-order valence-corrected chi connectivity index (χ1v) is 20.3. The van der Waals surface area contributed by atoms with Crippen LogP contribution >= 0.6 is 0 Å². The molecule has 0 saturated carbocycles. The third-order valence-corrected chi connectivity index (χ3v) is 11.9. The molecule has 0 aliphatic heterocycles. The summed E-state index contributed by atoms with van der Waals surface area (Å²) in [5.74, 6) is 0.850. The number of fused-ring (bicyclic) bond motifs is 6. The number of para-hydroxylation sites is 3. The number of allylic oxidation sites excluding steroid dienone is 2. The molecule has 2 heterocycles. The Balaban J connectivity index is 1.04. The molecule has 0 bridgehead atoms. The lowest BCUT2D eigenvalue weighted by Crippen LogP contribution is -2.29. The minimum atomic E-state index is 0.258. The third kappa shape index (κ3) is 6.00. The number of methoxy groups -OCH3 is 1. The molecule has 1 aliphatic rings. The van der Waals surface area contributed by atoms with Crippen LogP contribution in [0.4, 0.5) is 11.4 Å². The number of aromatic nitrogens is 2. The van der Waals surface area contributed by atoms with Crippen molar-refractivity contribution in [3.05, 3.63) is 212 Å². The lowest BCUT2D eigenvalue weighted by atomic mass is 9.99. The molecule has 0 amide bonds. The molecule has 0 spiro atoms. The van der Waals surface area contributed by atoms with Gasteiger partial charge in [0.15, 0.2) is 0 Å². The van der Waals surface area contributed by atoms with Gasteiger partial charge < -0.3 is 18.8 Å². The zero-order valence-corrected chi connectivity index (χ0v) is 32.7. The van der Waals surface area contributed by atoms with Crippen LogP contribution in [0.1, 0.15) is 6.42 Å². The van der Waals surface area contributed by atoms with Crippen molar-refractivity contribution < 1.29 is 4.74 Å². The van der Waals surface area contributed by atoms with Gasteiger partial charge in [-0.1, -0.05) is 109 Å². The van der Waals surface area contributed by atoms with Crippen LogP contribution < -0.4 is 9.64 Å². The van der Waals surface area contributed by atoms with E-state index in [-0.39, 0.29) is 6.04 Å². The van der Waals surface area contributed by atoms with Crippen LogP contribution in [0.15, 0.2) is 212 Å². The van der Waals surface area contributed by atoms with Gasteiger partial charge in [0.25, 0.3) is 0 Å². The number of benzene rings is 8. The minimum absolute atomic E-state index is 0.258. The van der Waals surface area contributed by atoms with Gasteiger partial charge >= 0.3 is 0 Å². The molecule has 0 N–H and O–H groups in total. The molecule has 0 radical (unpaired) electrons. The molecule has 4 nitrogen and oxygen atoms in total. The number of rotatable bonds is 8. The fourth-order valence-corrected chi connectivity index (χ4v) is 9.10. The third-order valence-electron chi connectivity index (χ3n) is 11.9. The Morgan fingerprint density at radius 2 is 0.881 bits per heavy atom. The Morgan fingerprint density at radius 3 is 1.37 bits per heavy atom. The first-order valence-electron chi connectivity index (χ1n) is 20.3. The van der Waals surface area contributed by atoms with E-state index < -0.39 is 0 Å². The van der Waals surface area contributed by atoms with Crippen LogP contribution in [0.25, 0.3) is 77.2 Å². The average molecular weight is 760 g/mol. The number of anilines is 2. The summed E-state index contributed by atoms with van der Waals surface area (Å²) in [5.41, 5.74) is 14.1. The van der Waals surface area contributed by atoms with Crippen LogP contribution in [-0.2, 0) is 0 Å². The van der Waals surface area contributed by atoms with Gasteiger partial charge in [-0.05, 0) is 132 Å². The van der Waals surface area contributed by atoms with Crippen LogP contribution in [0.2, 0.25) is 0 Å². The Morgan fingerprint density at radius 1 is 0.441 bits per heavy atom. The number of hydrogen-bond acceptors (Lipinski definition) is 2. The van der Waals surface area contributed by atoms with Gasteiger partial charge in [0.2, 0.25) is 0 Å². The summed E-state index contributed by atoms with van der Waals surface area (Å²) in [7, 11) is 1.73. The molecule has 0 saturated heterocycles. The van der Waals surface area contributed by atoms with Crippen molar-refractivity contribution in [2.75, 3.05) is 12.0 Å². The van der Waals surface area contributed by atoms with Gasteiger partial charge in [-0.2, -0.15) is 0 Å². The molecule has 4 heteroatoms. The molecule has 1 unspecified atom stereocenters. The van der Waals surface area contributed by atoms with Gasteiger partial charge in [0.05, 0.1) is 35.2 Å². The second-order valence-corrected chi connectivity index (χ2v) is 15.3. The summed E-state index contributed by atoms with van der Waals surface area (Å²) < 4.78 is 10.5. The van der Waals surface area contributed by atoms with Crippen molar-refractivity contribution in [1.82, 2.24) is 9.13 Å². The van der Waals surface area contributed by atoms with Crippen molar-refractivity contribution in [1.29, 1.82) is 0 Å². The summed E-state index contributed by atoms with van der Waals surface area (Å²) in [6.07, 6.45) is 9.81. The maximum atomic E-state index is 5.71. The van der Waals surface area contributed by atoms with E-state index in [4.69, 9.17) is 4.74 Å². The first kappa shape index (κ1) is 34.7. The molecular formula is C55H41N3O. The van der Waals surface area contributed by atoms with Gasteiger partial charge in [-0.3, -0.25) is 0 Å². The fourth-order valence-electron chi connectivity index (χ4n) is 9.10. The van der Waals surface area contributed by atoms with Crippen LogP contribution in [-0.4, -0.2) is 22.3 Å². The van der Waals surface area contributed by atoms with E-state index in [2.05, 4.69) is 220 Å². The van der Waals surface area contributed by atoms with E-state index in [0.717, 1.165) is 29.1 Å². The number of hydrogen-bond donors (Lipinski definition) is 0. The Labute approximate surface area is 343 Å². The molecule has 1 atom stereocenters. The van der Waals surface area contributed by atoms with Crippen molar-refractivity contribution in [3.8, 4) is 39.4 Å². The van der Waals surface area contributed by atoms with E-state index in [1.807, 2.05) is 6.07 Å². The van der Waals surface area contributed by atoms with Crippen molar-refractivity contribution >= 4 is 55.0 Å². The van der Waals surface area contributed by atoms with Crippen LogP contribution in [0.5, 0.6) is 5.75 Å². The molecule has 2 aromatic heterocycles. The summed E-state index contributed by atoms with van der Waals surface area (Å²) >= 11 is 0. The van der Waals surface area contributed by atoms with Crippen molar-refractivity contribution in [2.45, 2.75) is 12.5 Å². The topological polar surface area (TPSA) is 22.3 Å². The molecule has 1 aliphatic carbocycles. The second-order valence-electron chi connectivity index (χ2n) is 15.3. The molecule has 282 valence electrons. The standard InChI is InChI=1S/C55H41N3O/c1-59-47-29-33-55-51(37-47)50-36-41(26-32-54(50)58(55)45-20-12-5-13-21-45)40-25-31-53-49(35-40)48-34-39(24-30-52(48)57(53)44-18-10-4-11-19-44)38-22-27-46(28-23-38)56(42-14-6-2-7-15-42)43-16-8-3-9-17-43/h2-16,18-37,43H,17H2,1H3. The predicted octanol–water partition coefficient (Wildman–Crippen LogP) is 14.2. The Hall–Kier alpha value is -7.56. The highest BCUT2D eigenvalue weighted by molar-refractivity contribution is 6.13. The Bertz CT molecular complexity index is 3210. The van der Waals surface area contributed by atoms with E-state index in [9.17, 15) is 0 Å². The number of ether oxygens (including phenoxy) is 1. The molecule has 8 aromatic carbocycles. The highest BCUT2D eigenvalue weighted by Gasteiger charge is 2.20. The summed E-state index contributed by atoms with van der Waals surface area (Å²) in [5, 5.41) is 4.81. The van der Waals surface area contributed by atoms with Crippen LogP contribution in [0.3, 0.4) is 0 Å². The van der Waals surface area contributed by atoms with E-state index >= 15 is 0 Å².